The number of carboxylic acids is 1. The molecule has 1 aromatic rings. The molecule has 1 aromatic carbocycles. The van der Waals surface area contributed by atoms with Gasteiger partial charge in [0.2, 0.25) is 0 Å². The van der Waals surface area contributed by atoms with Crippen molar-refractivity contribution >= 4 is 5.97 Å². The minimum Gasteiger partial charge on any atom is -0.481 e. The molecular formula is C12H16O4. The van der Waals surface area contributed by atoms with E-state index < -0.39 is 12.1 Å². The summed E-state index contributed by atoms with van der Waals surface area (Å²) in [6, 6.07) is 7.34. The molecule has 16 heavy (non-hydrogen) atoms. The minimum atomic E-state index is -0.900. The first kappa shape index (κ1) is 12.7. The Labute approximate surface area is 94.5 Å². The van der Waals surface area contributed by atoms with E-state index in [2.05, 4.69) is 0 Å². The van der Waals surface area contributed by atoms with Gasteiger partial charge >= 0.3 is 5.97 Å². The molecule has 4 nitrogen and oxygen atoms in total. The van der Waals surface area contributed by atoms with Crippen molar-refractivity contribution in [3.63, 3.8) is 0 Å². The van der Waals surface area contributed by atoms with Gasteiger partial charge in [0.25, 0.3) is 0 Å². The molecule has 4 heteroatoms. The van der Waals surface area contributed by atoms with Gasteiger partial charge in [-0.15, -0.1) is 0 Å². The van der Waals surface area contributed by atoms with Crippen molar-refractivity contribution in [2.45, 2.75) is 25.6 Å². The number of aliphatic hydroxyl groups excluding tert-OH is 1. The number of hydrogen-bond donors (Lipinski definition) is 2. The molecule has 0 aliphatic rings. The lowest BCUT2D eigenvalue weighted by Crippen LogP contribution is -2.05. The van der Waals surface area contributed by atoms with Crippen molar-refractivity contribution in [1.82, 2.24) is 0 Å². The maximum atomic E-state index is 10.4. The van der Waals surface area contributed by atoms with E-state index in [1.807, 2.05) is 18.2 Å². The van der Waals surface area contributed by atoms with Crippen LogP contribution in [0.3, 0.4) is 0 Å². The third-order valence-electron chi connectivity index (χ3n) is 2.35. The van der Waals surface area contributed by atoms with Crippen molar-refractivity contribution < 1.29 is 19.7 Å². The average Bonchev–Trinajstić information content (AvgIpc) is 2.27. The lowest BCUT2D eigenvalue weighted by molar-refractivity contribution is -0.137. The Morgan fingerprint density at radius 1 is 1.44 bits per heavy atom. The highest BCUT2D eigenvalue weighted by molar-refractivity contribution is 5.66. The molecule has 1 unspecified atom stereocenters. The average molecular weight is 224 g/mol. The Morgan fingerprint density at radius 3 is 2.75 bits per heavy atom. The predicted molar refractivity (Wildman–Crippen MR) is 59.0 cm³/mol. The molecule has 0 saturated heterocycles. The zero-order valence-corrected chi connectivity index (χ0v) is 9.22. The molecule has 0 saturated carbocycles. The normalized spacial score (nSPS) is 12.4. The van der Waals surface area contributed by atoms with E-state index in [9.17, 15) is 9.90 Å². The van der Waals surface area contributed by atoms with Crippen molar-refractivity contribution in [3.8, 4) is 0 Å². The number of aliphatic hydroxyl groups is 1. The fraction of sp³-hybridized carbons (Fsp3) is 0.417. The van der Waals surface area contributed by atoms with Crippen LogP contribution in [-0.4, -0.2) is 23.3 Å². The van der Waals surface area contributed by atoms with Crippen LogP contribution in [0.25, 0.3) is 0 Å². The number of carbonyl (C=O) groups is 1. The van der Waals surface area contributed by atoms with Crippen LogP contribution in [0.5, 0.6) is 0 Å². The van der Waals surface area contributed by atoms with E-state index in [0.717, 1.165) is 11.1 Å². The van der Waals surface area contributed by atoms with E-state index in [0.29, 0.717) is 6.61 Å². The molecule has 0 aliphatic heterocycles. The fourth-order valence-electron chi connectivity index (χ4n) is 1.56. The van der Waals surface area contributed by atoms with Gasteiger partial charge in [0.05, 0.1) is 12.7 Å². The Balaban J connectivity index is 2.73. The Morgan fingerprint density at radius 2 is 2.12 bits per heavy atom. The molecule has 1 rings (SSSR count). The molecule has 0 radical (unpaired) electrons. The summed E-state index contributed by atoms with van der Waals surface area (Å²) in [7, 11) is 1.58. The van der Waals surface area contributed by atoms with Crippen LogP contribution in [0.15, 0.2) is 24.3 Å². The molecule has 0 fully saturated rings. The first-order valence-corrected chi connectivity index (χ1v) is 5.11. The lowest BCUT2D eigenvalue weighted by atomic mass is 9.99. The van der Waals surface area contributed by atoms with Gasteiger partial charge in [-0.1, -0.05) is 24.3 Å². The van der Waals surface area contributed by atoms with Crippen LogP contribution in [0.4, 0.5) is 0 Å². The van der Waals surface area contributed by atoms with E-state index in [1.54, 1.807) is 13.2 Å². The van der Waals surface area contributed by atoms with Crippen LogP contribution in [0, 0.1) is 0 Å². The number of hydrogen-bond acceptors (Lipinski definition) is 3. The number of ether oxygens (including phenoxy) is 1. The monoisotopic (exact) mass is 224 g/mol. The Kier molecular flexibility index (Phi) is 4.95. The minimum absolute atomic E-state index is 0.0392. The zero-order chi connectivity index (χ0) is 12.0. The third kappa shape index (κ3) is 3.64. The van der Waals surface area contributed by atoms with Crippen LogP contribution in [0.2, 0.25) is 0 Å². The van der Waals surface area contributed by atoms with Gasteiger partial charge in [-0.3, -0.25) is 4.79 Å². The Bertz CT molecular complexity index is 349. The van der Waals surface area contributed by atoms with Crippen LogP contribution in [0.1, 0.15) is 30.1 Å². The standard InChI is InChI=1S/C12H16O4/c1-16-8-9-4-2-3-5-10(9)11(13)6-7-12(14)15/h2-5,11,13H,6-8H2,1H3,(H,14,15). The van der Waals surface area contributed by atoms with Crippen molar-refractivity contribution in [3.05, 3.63) is 35.4 Å². The molecule has 1 atom stereocenters. The van der Waals surface area contributed by atoms with Crippen molar-refractivity contribution in [1.29, 1.82) is 0 Å². The van der Waals surface area contributed by atoms with Crippen LogP contribution < -0.4 is 0 Å². The molecule has 0 amide bonds. The van der Waals surface area contributed by atoms with E-state index in [1.165, 1.54) is 0 Å². The summed E-state index contributed by atoms with van der Waals surface area (Å²) < 4.78 is 5.02. The van der Waals surface area contributed by atoms with Gasteiger partial charge in [0.15, 0.2) is 0 Å². The van der Waals surface area contributed by atoms with Crippen LogP contribution >= 0.6 is 0 Å². The molecular weight excluding hydrogens is 208 g/mol. The highest BCUT2D eigenvalue weighted by Gasteiger charge is 2.13. The predicted octanol–water partition coefficient (Wildman–Crippen LogP) is 1.73. The second-order valence-electron chi connectivity index (χ2n) is 3.58. The third-order valence-corrected chi connectivity index (χ3v) is 2.35. The van der Waals surface area contributed by atoms with Gasteiger partial charge < -0.3 is 14.9 Å². The summed E-state index contributed by atoms with van der Waals surface area (Å²) in [5.74, 6) is -0.900. The molecule has 0 spiro atoms. The number of carboxylic acid groups (broad SMARTS) is 1. The summed E-state index contributed by atoms with van der Waals surface area (Å²) in [6.07, 6.45) is -0.569. The maximum Gasteiger partial charge on any atom is 0.303 e. The van der Waals surface area contributed by atoms with Gasteiger partial charge in [-0.25, -0.2) is 0 Å². The van der Waals surface area contributed by atoms with Crippen LogP contribution in [-0.2, 0) is 16.1 Å². The SMILES string of the molecule is COCc1ccccc1C(O)CCC(=O)O. The number of methoxy groups -OCH3 is 1. The van der Waals surface area contributed by atoms with Gasteiger partial charge in [0, 0.05) is 13.5 Å². The summed E-state index contributed by atoms with van der Waals surface area (Å²) >= 11 is 0. The topological polar surface area (TPSA) is 66.8 Å². The number of aliphatic carboxylic acids is 1. The summed E-state index contributed by atoms with van der Waals surface area (Å²) in [4.78, 5) is 10.4. The summed E-state index contributed by atoms with van der Waals surface area (Å²) in [5, 5.41) is 18.4. The molecule has 0 bridgehead atoms. The van der Waals surface area contributed by atoms with E-state index >= 15 is 0 Å². The van der Waals surface area contributed by atoms with Crippen molar-refractivity contribution in [2.24, 2.45) is 0 Å². The molecule has 0 aliphatic carbocycles. The number of rotatable bonds is 6. The van der Waals surface area contributed by atoms with E-state index in [4.69, 9.17) is 9.84 Å². The summed E-state index contributed by atoms with van der Waals surface area (Å²) in [5.41, 5.74) is 1.63. The quantitative estimate of drug-likeness (QED) is 0.772. The fourth-order valence-corrected chi connectivity index (χ4v) is 1.56. The summed E-state index contributed by atoms with van der Waals surface area (Å²) in [6.45, 7) is 0.417. The van der Waals surface area contributed by atoms with Crippen molar-refractivity contribution in [2.75, 3.05) is 7.11 Å². The molecule has 2 N–H and O–H groups in total. The second kappa shape index (κ2) is 6.25. The van der Waals surface area contributed by atoms with Gasteiger partial charge in [-0.05, 0) is 17.5 Å². The first-order chi connectivity index (χ1) is 7.65. The lowest BCUT2D eigenvalue weighted by Gasteiger charge is -2.14. The Hall–Kier alpha value is -1.39. The first-order valence-electron chi connectivity index (χ1n) is 5.11. The zero-order valence-electron chi connectivity index (χ0n) is 9.22. The van der Waals surface area contributed by atoms with Gasteiger partial charge in [0.1, 0.15) is 0 Å². The second-order valence-corrected chi connectivity index (χ2v) is 3.58. The van der Waals surface area contributed by atoms with Gasteiger partial charge in [-0.2, -0.15) is 0 Å². The van der Waals surface area contributed by atoms with E-state index in [-0.39, 0.29) is 12.8 Å². The number of benzene rings is 1. The molecule has 0 aromatic heterocycles. The molecule has 0 heterocycles. The highest BCUT2D eigenvalue weighted by Crippen LogP contribution is 2.22. The molecule has 88 valence electrons. The maximum absolute atomic E-state index is 10.4. The smallest absolute Gasteiger partial charge is 0.303 e. The largest absolute Gasteiger partial charge is 0.481 e. The highest BCUT2D eigenvalue weighted by atomic mass is 16.5.